The second-order valence-electron chi connectivity index (χ2n) is 4.21. The predicted octanol–water partition coefficient (Wildman–Crippen LogP) is 1.97. The second kappa shape index (κ2) is 6.83. The third-order valence-electron chi connectivity index (χ3n) is 3.22. The van der Waals surface area contributed by atoms with Crippen LogP contribution in [0.3, 0.4) is 0 Å². The summed E-state index contributed by atoms with van der Waals surface area (Å²) in [4.78, 5) is 11.7. The lowest BCUT2D eigenvalue weighted by Crippen LogP contribution is -2.26. The molecule has 88 valence electrons. The molecular formula is C12H23NO2. The Balaban J connectivity index is 2.51. The maximum absolute atomic E-state index is 11.7. The molecule has 1 heterocycles. The molecule has 1 rings (SSSR count). The highest BCUT2D eigenvalue weighted by Crippen LogP contribution is 2.26. The van der Waals surface area contributed by atoms with Crippen LogP contribution in [0.25, 0.3) is 0 Å². The van der Waals surface area contributed by atoms with Gasteiger partial charge in [0.1, 0.15) is 0 Å². The van der Waals surface area contributed by atoms with Crippen molar-refractivity contribution in [3.63, 3.8) is 0 Å². The lowest BCUT2D eigenvalue weighted by molar-refractivity contribution is -0.150. The minimum absolute atomic E-state index is 0.00639. The molecule has 0 saturated carbocycles. The first-order chi connectivity index (χ1) is 7.29. The SMILES string of the molecule is CCOC(=O)C(CC)C1CCCNCC1. The molecule has 0 radical (unpaired) electrons. The van der Waals surface area contributed by atoms with Gasteiger partial charge in [-0.2, -0.15) is 0 Å². The smallest absolute Gasteiger partial charge is 0.309 e. The molecule has 2 unspecified atom stereocenters. The van der Waals surface area contributed by atoms with Gasteiger partial charge in [-0.3, -0.25) is 4.79 Å². The van der Waals surface area contributed by atoms with E-state index in [1.54, 1.807) is 0 Å². The molecule has 1 aliphatic rings. The fourth-order valence-electron chi connectivity index (χ4n) is 2.39. The third kappa shape index (κ3) is 3.82. The van der Waals surface area contributed by atoms with Gasteiger partial charge in [0, 0.05) is 0 Å². The molecule has 2 atom stereocenters. The van der Waals surface area contributed by atoms with E-state index in [9.17, 15) is 4.79 Å². The quantitative estimate of drug-likeness (QED) is 0.726. The number of hydrogen-bond donors (Lipinski definition) is 1. The lowest BCUT2D eigenvalue weighted by atomic mass is 9.84. The van der Waals surface area contributed by atoms with Crippen LogP contribution in [0.1, 0.15) is 39.5 Å². The number of carbonyl (C=O) groups is 1. The maximum Gasteiger partial charge on any atom is 0.309 e. The number of hydrogen-bond acceptors (Lipinski definition) is 3. The fourth-order valence-corrected chi connectivity index (χ4v) is 2.39. The number of carbonyl (C=O) groups excluding carboxylic acids is 1. The number of esters is 1. The summed E-state index contributed by atoms with van der Waals surface area (Å²) in [6, 6.07) is 0. The van der Waals surface area contributed by atoms with E-state index < -0.39 is 0 Å². The van der Waals surface area contributed by atoms with Gasteiger partial charge in [0.05, 0.1) is 12.5 Å². The Labute approximate surface area is 92.6 Å². The molecule has 3 heteroatoms. The van der Waals surface area contributed by atoms with Gasteiger partial charge in [0.25, 0.3) is 0 Å². The third-order valence-corrected chi connectivity index (χ3v) is 3.22. The average Bonchev–Trinajstić information content (AvgIpc) is 2.48. The van der Waals surface area contributed by atoms with Crippen molar-refractivity contribution in [2.24, 2.45) is 11.8 Å². The highest BCUT2D eigenvalue weighted by molar-refractivity contribution is 5.72. The van der Waals surface area contributed by atoms with E-state index in [1.165, 1.54) is 6.42 Å². The first kappa shape index (κ1) is 12.5. The van der Waals surface area contributed by atoms with Crippen molar-refractivity contribution in [2.75, 3.05) is 19.7 Å². The van der Waals surface area contributed by atoms with Crippen LogP contribution in [0.15, 0.2) is 0 Å². The van der Waals surface area contributed by atoms with E-state index in [0.29, 0.717) is 12.5 Å². The van der Waals surface area contributed by atoms with E-state index in [1.807, 2.05) is 6.92 Å². The minimum atomic E-state index is 0.00639. The van der Waals surface area contributed by atoms with Gasteiger partial charge in [-0.25, -0.2) is 0 Å². The van der Waals surface area contributed by atoms with Gasteiger partial charge in [0.15, 0.2) is 0 Å². The van der Waals surface area contributed by atoms with Crippen LogP contribution in [-0.2, 0) is 9.53 Å². The van der Waals surface area contributed by atoms with Crippen LogP contribution in [0.4, 0.5) is 0 Å². The first-order valence-corrected chi connectivity index (χ1v) is 6.16. The predicted molar refractivity (Wildman–Crippen MR) is 60.6 cm³/mol. The van der Waals surface area contributed by atoms with Crippen LogP contribution in [0.2, 0.25) is 0 Å². The molecule has 0 aromatic carbocycles. The summed E-state index contributed by atoms with van der Waals surface area (Å²) in [5.41, 5.74) is 0. The second-order valence-corrected chi connectivity index (χ2v) is 4.21. The molecule has 1 aliphatic heterocycles. The van der Waals surface area contributed by atoms with E-state index in [2.05, 4.69) is 12.2 Å². The summed E-state index contributed by atoms with van der Waals surface area (Å²) in [5.74, 6) is 0.640. The summed E-state index contributed by atoms with van der Waals surface area (Å²) in [7, 11) is 0. The molecule has 3 nitrogen and oxygen atoms in total. The van der Waals surface area contributed by atoms with E-state index >= 15 is 0 Å². The van der Waals surface area contributed by atoms with Crippen LogP contribution in [-0.4, -0.2) is 25.7 Å². The van der Waals surface area contributed by atoms with E-state index in [-0.39, 0.29) is 11.9 Å². The molecule has 0 amide bonds. The highest BCUT2D eigenvalue weighted by Gasteiger charge is 2.28. The van der Waals surface area contributed by atoms with Gasteiger partial charge >= 0.3 is 5.97 Å². The maximum atomic E-state index is 11.7. The molecule has 0 aromatic heterocycles. The molecule has 1 fully saturated rings. The highest BCUT2D eigenvalue weighted by atomic mass is 16.5. The van der Waals surface area contributed by atoms with Gasteiger partial charge in [0.2, 0.25) is 0 Å². The molecule has 0 aliphatic carbocycles. The van der Waals surface area contributed by atoms with Crippen molar-refractivity contribution in [3.8, 4) is 0 Å². The Morgan fingerprint density at radius 2 is 2.20 bits per heavy atom. The normalized spacial score (nSPS) is 24.3. The van der Waals surface area contributed by atoms with Gasteiger partial charge in [-0.15, -0.1) is 0 Å². The van der Waals surface area contributed by atoms with Gasteiger partial charge < -0.3 is 10.1 Å². The van der Waals surface area contributed by atoms with Crippen molar-refractivity contribution >= 4 is 5.97 Å². The Kier molecular flexibility index (Phi) is 5.69. The Morgan fingerprint density at radius 1 is 1.40 bits per heavy atom. The summed E-state index contributed by atoms with van der Waals surface area (Å²) in [6.45, 7) is 6.59. The van der Waals surface area contributed by atoms with Crippen LogP contribution >= 0.6 is 0 Å². The summed E-state index contributed by atoms with van der Waals surface area (Å²) in [5, 5.41) is 3.37. The molecule has 1 saturated heterocycles. The van der Waals surface area contributed by atoms with Crippen molar-refractivity contribution in [2.45, 2.75) is 39.5 Å². The Morgan fingerprint density at radius 3 is 2.87 bits per heavy atom. The van der Waals surface area contributed by atoms with Crippen LogP contribution < -0.4 is 5.32 Å². The number of rotatable bonds is 4. The summed E-state index contributed by atoms with van der Waals surface area (Å²) >= 11 is 0. The lowest BCUT2D eigenvalue weighted by Gasteiger charge is -2.22. The minimum Gasteiger partial charge on any atom is -0.466 e. The zero-order chi connectivity index (χ0) is 11.1. The Bertz CT molecular complexity index is 186. The van der Waals surface area contributed by atoms with Crippen molar-refractivity contribution < 1.29 is 9.53 Å². The Hall–Kier alpha value is -0.570. The molecule has 15 heavy (non-hydrogen) atoms. The largest absolute Gasteiger partial charge is 0.466 e. The zero-order valence-electron chi connectivity index (χ0n) is 9.92. The van der Waals surface area contributed by atoms with Crippen molar-refractivity contribution in [3.05, 3.63) is 0 Å². The van der Waals surface area contributed by atoms with Crippen LogP contribution in [0, 0.1) is 11.8 Å². The van der Waals surface area contributed by atoms with Crippen molar-refractivity contribution in [1.29, 1.82) is 0 Å². The van der Waals surface area contributed by atoms with E-state index in [0.717, 1.165) is 32.4 Å². The molecule has 0 aromatic rings. The zero-order valence-corrected chi connectivity index (χ0v) is 9.92. The summed E-state index contributed by atoms with van der Waals surface area (Å²) in [6.07, 6.45) is 4.35. The molecule has 0 bridgehead atoms. The fraction of sp³-hybridized carbons (Fsp3) is 0.917. The number of ether oxygens (including phenoxy) is 1. The first-order valence-electron chi connectivity index (χ1n) is 6.16. The van der Waals surface area contributed by atoms with Gasteiger partial charge in [-0.1, -0.05) is 6.92 Å². The molecule has 0 spiro atoms. The van der Waals surface area contributed by atoms with Crippen molar-refractivity contribution in [1.82, 2.24) is 5.32 Å². The molecular weight excluding hydrogens is 190 g/mol. The van der Waals surface area contributed by atoms with Crippen LogP contribution in [0.5, 0.6) is 0 Å². The van der Waals surface area contributed by atoms with E-state index in [4.69, 9.17) is 4.74 Å². The number of nitrogens with one attached hydrogen (secondary N) is 1. The summed E-state index contributed by atoms with van der Waals surface area (Å²) < 4.78 is 5.13. The standard InChI is InChI=1S/C12H23NO2/c1-3-11(12(14)15-4-2)10-6-5-8-13-9-7-10/h10-11,13H,3-9H2,1-2H3. The average molecular weight is 213 g/mol. The molecule has 1 N–H and O–H groups in total. The van der Waals surface area contributed by atoms with Gasteiger partial charge in [-0.05, 0) is 51.6 Å². The topological polar surface area (TPSA) is 38.3 Å². The monoisotopic (exact) mass is 213 g/mol.